The lowest BCUT2D eigenvalue weighted by Crippen LogP contribution is -2.36. The van der Waals surface area contributed by atoms with E-state index in [1.807, 2.05) is 5.38 Å². The lowest BCUT2D eigenvalue weighted by Gasteiger charge is -2.30. The predicted molar refractivity (Wildman–Crippen MR) is 80.8 cm³/mol. The number of thiazole rings is 1. The molecule has 1 aromatic carbocycles. The van der Waals surface area contributed by atoms with Crippen LogP contribution >= 0.6 is 11.3 Å². The molecular formula is C16H16F2N2OS. The summed E-state index contributed by atoms with van der Waals surface area (Å²) in [5.74, 6) is -1.74. The molecule has 0 spiro atoms. The molecule has 6 heteroatoms. The number of benzene rings is 1. The number of likely N-dealkylation sites (tertiary alicyclic amines) is 1. The largest absolute Gasteiger partial charge is 0.297 e. The molecular weight excluding hydrogens is 306 g/mol. The van der Waals surface area contributed by atoms with Gasteiger partial charge in [-0.3, -0.25) is 9.69 Å². The van der Waals surface area contributed by atoms with Gasteiger partial charge in [0.1, 0.15) is 11.6 Å². The number of carbonyl (C=O) groups excluding carboxylic acids is 1. The van der Waals surface area contributed by atoms with Crippen LogP contribution in [0.5, 0.6) is 0 Å². The van der Waals surface area contributed by atoms with Crippen molar-refractivity contribution in [2.45, 2.75) is 19.4 Å². The number of ketones is 1. The Labute approximate surface area is 131 Å². The van der Waals surface area contributed by atoms with Crippen LogP contribution in [0, 0.1) is 17.6 Å². The lowest BCUT2D eigenvalue weighted by atomic mass is 9.88. The van der Waals surface area contributed by atoms with Crippen molar-refractivity contribution in [3.05, 3.63) is 52.0 Å². The smallest absolute Gasteiger partial charge is 0.169 e. The second kappa shape index (κ2) is 6.62. The van der Waals surface area contributed by atoms with Gasteiger partial charge in [-0.15, -0.1) is 11.3 Å². The molecule has 2 aromatic rings. The summed E-state index contributed by atoms with van der Waals surface area (Å²) in [6, 6.07) is 3.04. The Hall–Kier alpha value is -1.66. The Morgan fingerprint density at radius 3 is 2.77 bits per heavy atom. The highest BCUT2D eigenvalue weighted by Crippen LogP contribution is 2.24. The summed E-state index contributed by atoms with van der Waals surface area (Å²) >= 11 is 1.56. The maximum atomic E-state index is 13.7. The number of hydrogen-bond donors (Lipinski definition) is 0. The van der Waals surface area contributed by atoms with Crippen LogP contribution in [0.3, 0.4) is 0 Å². The summed E-state index contributed by atoms with van der Waals surface area (Å²) in [4.78, 5) is 18.8. The van der Waals surface area contributed by atoms with Crippen LogP contribution in [0.4, 0.5) is 8.78 Å². The van der Waals surface area contributed by atoms with Crippen LogP contribution in [0.1, 0.15) is 28.9 Å². The fourth-order valence-electron chi connectivity index (χ4n) is 2.80. The average molecular weight is 322 g/mol. The predicted octanol–water partition coefficient (Wildman–Crippen LogP) is 3.52. The van der Waals surface area contributed by atoms with E-state index in [0.717, 1.165) is 43.5 Å². The van der Waals surface area contributed by atoms with Crippen LogP contribution in [-0.4, -0.2) is 28.8 Å². The van der Waals surface area contributed by atoms with E-state index in [2.05, 4.69) is 9.88 Å². The molecule has 1 fully saturated rings. The lowest BCUT2D eigenvalue weighted by molar-refractivity contribution is 0.0829. The molecule has 2 heterocycles. The zero-order valence-corrected chi connectivity index (χ0v) is 12.8. The Morgan fingerprint density at radius 1 is 1.32 bits per heavy atom. The maximum Gasteiger partial charge on any atom is 0.169 e. The van der Waals surface area contributed by atoms with Crippen LogP contribution in [0.2, 0.25) is 0 Å². The zero-order valence-electron chi connectivity index (χ0n) is 12.0. The monoisotopic (exact) mass is 322 g/mol. The Morgan fingerprint density at radius 2 is 2.09 bits per heavy atom. The minimum absolute atomic E-state index is 0.127. The molecule has 0 N–H and O–H groups in total. The Balaban J connectivity index is 1.61. The van der Waals surface area contributed by atoms with Crippen molar-refractivity contribution in [3.63, 3.8) is 0 Å². The summed E-state index contributed by atoms with van der Waals surface area (Å²) in [5.41, 5.74) is 2.71. The Kier molecular flexibility index (Phi) is 4.59. The number of nitrogens with zero attached hydrogens (tertiary/aromatic N) is 2. The molecule has 1 aliphatic rings. The van der Waals surface area contributed by atoms with Crippen LogP contribution in [0.15, 0.2) is 29.1 Å². The minimum atomic E-state index is -0.642. The van der Waals surface area contributed by atoms with E-state index >= 15 is 0 Å². The van der Waals surface area contributed by atoms with Gasteiger partial charge >= 0.3 is 0 Å². The fraction of sp³-hybridized carbons (Fsp3) is 0.375. The van der Waals surface area contributed by atoms with Gasteiger partial charge in [0.2, 0.25) is 0 Å². The van der Waals surface area contributed by atoms with Crippen molar-refractivity contribution in [3.8, 4) is 0 Å². The van der Waals surface area contributed by atoms with Crippen molar-refractivity contribution >= 4 is 17.1 Å². The quantitative estimate of drug-likeness (QED) is 0.808. The van der Waals surface area contributed by atoms with Crippen molar-refractivity contribution in [2.75, 3.05) is 13.1 Å². The van der Waals surface area contributed by atoms with Crippen molar-refractivity contribution in [1.29, 1.82) is 0 Å². The standard InChI is InChI=1S/C16H16F2N2OS/c17-12-1-2-15(18)14(7-12)16(21)11-3-5-20(6-4-11)8-13-9-22-10-19-13/h1-2,7,9-11H,3-6,8H2. The molecule has 22 heavy (non-hydrogen) atoms. The van der Waals surface area contributed by atoms with E-state index in [1.165, 1.54) is 0 Å². The van der Waals surface area contributed by atoms with E-state index in [1.54, 1.807) is 16.8 Å². The molecule has 3 nitrogen and oxygen atoms in total. The highest BCUT2D eigenvalue weighted by atomic mass is 32.1. The molecule has 116 valence electrons. The van der Waals surface area contributed by atoms with Gasteiger partial charge in [0.05, 0.1) is 16.8 Å². The summed E-state index contributed by atoms with van der Waals surface area (Å²) < 4.78 is 26.9. The molecule has 0 atom stereocenters. The summed E-state index contributed by atoms with van der Waals surface area (Å²) in [5, 5.41) is 2.01. The molecule has 0 radical (unpaired) electrons. The first-order chi connectivity index (χ1) is 10.6. The number of piperidine rings is 1. The summed E-state index contributed by atoms with van der Waals surface area (Å²) in [7, 11) is 0. The minimum Gasteiger partial charge on any atom is -0.297 e. The van der Waals surface area contributed by atoms with E-state index in [-0.39, 0.29) is 17.3 Å². The fourth-order valence-corrected chi connectivity index (χ4v) is 3.35. The Bertz CT molecular complexity index is 652. The van der Waals surface area contributed by atoms with Gasteiger partial charge in [-0.25, -0.2) is 13.8 Å². The van der Waals surface area contributed by atoms with Crippen molar-refractivity contribution < 1.29 is 13.6 Å². The van der Waals surface area contributed by atoms with Gasteiger partial charge in [-0.1, -0.05) is 0 Å². The topological polar surface area (TPSA) is 33.2 Å². The molecule has 1 saturated heterocycles. The molecule has 0 saturated carbocycles. The molecule has 3 rings (SSSR count). The second-order valence-electron chi connectivity index (χ2n) is 5.52. The first kappa shape index (κ1) is 15.2. The number of aromatic nitrogens is 1. The van der Waals surface area contributed by atoms with Crippen molar-refractivity contribution in [2.24, 2.45) is 5.92 Å². The molecule has 0 amide bonds. The average Bonchev–Trinajstić information content (AvgIpc) is 3.03. The number of Topliss-reactive ketones (excluding diaryl/α,β-unsaturated/α-hetero) is 1. The molecule has 0 unspecified atom stereocenters. The summed E-state index contributed by atoms with van der Waals surface area (Å²) in [6.07, 6.45) is 1.33. The highest BCUT2D eigenvalue weighted by Gasteiger charge is 2.27. The van der Waals surface area contributed by atoms with Gasteiger partial charge in [0, 0.05) is 17.8 Å². The van der Waals surface area contributed by atoms with E-state index in [9.17, 15) is 13.6 Å². The maximum absolute atomic E-state index is 13.7. The van der Waals surface area contributed by atoms with Gasteiger partial charge in [0.15, 0.2) is 5.78 Å². The summed E-state index contributed by atoms with van der Waals surface area (Å²) in [6.45, 7) is 2.31. The SMILES string of the molecule is O=C(c1cc(F)ccc1F)C1CCN(Cc2cscn2)CC1. The number of rotatable bonds is 4. The van der Waals surface area contributed by atoms with Crippen molar-refractivity contribution in [1.82, 2.24) is 9.88 Å². The molecule has 1 aromatic heterocycles. The molecule has 0 aliphatic carbocycles. The molecule has 0 bridgehead atoms. The normalized spacial score (nSPS) is 16.8. The van der Waals surface area contributed by atoms with Gasteiger partial charge in [-0.2, -0.15) is 0 Å². The number of carbonyl (C=O) groups is 1. The highest BCUT2D eigenvalue weighted by molar-refractivity contribution is 7.07. The van der Waals surface area contributed by atoms with Gasteiger partial charge in [0.25, 0.3) is 0 Å². The first-order valence-electron chi connectivity index (χ1n) is 7.22. The number of hydrogen-bond acceptors (Lipinski definition) is 4. The zero-order chi connectivity index (χ0) is 15.5. The third-order valence-corrected chi connectivity index (χ3v) is 4.66. The number of halogens is 2. The second-order valence-corrected chi connectivity index (χ2v) is 6.24. The first-order valence-corrected chi connectivity index (χ1v) is 8.16. The van der Waals surface area contributed by atoms with Gasteiger partial charge < -0.3 is 0 Å². The van der Waals surface area contributed by atoms with E-state index in [4.69, 9.17) is 0 Å². The van der Waals surface area contributed by atoms with Gasteiger partial charge in [-0.05, 0) is 44.1 Å². The third kappa shape index (κ3) is 3.39. The van der Waals surface area contributed by atoms with Crippen LogP contribution < -0.4 is 0 Å². The molecule has 1 aliphatic heterocycles. The van der Waals surface area contributed by atoms with Crippen LogP contribution in [0.25, 0.3) is 0 Å². The van der Waals surface area contributed by atoms with Crippen LogP contribution in [-0.2, 0) is 6.54 Å². The third-order valence-electron chi connectivity index (χ3n) is 4.02. The van der Waals surface area contributed by atoms with E-state index < -0.39 is 11.6 Å². The van der Waals surface area contributed by atoms with E-state index in [0.29, 0.717) is 12.8 Å².